The number of benzene rings is 1. The molecule has 1 aromatic rings. The number of halogens is 2. The highest BCUT2D eigenvalue weighted by Gasteiger charge is 2.16. The van der Waals surface area contributed by atoms with Gasteiger partial charge in [-0.3, -0.25) is 0 Å². The zero-order chi connectivity index (χ0) is 10.0. The minimum absolute atomic E-state index is 0.0985. The molecule has 0 radical (unpaired) electrons. The SMILES string of the molecule is COC(=O)c1c(I)ccc(O)c1I. The predicted molar refractivity (Wildman–Crippen MR) is 64.9 cm³/mol. The molecule has 0 fully saturated rings. The number of carbonyl (C=O) groups excluding carboxylic acids is 1. The molecule has 5 heteroatoms. The van der Waals surface area contributed by atoms with Crippen LogP contribution < -0.4 is 0 Å². The van der Waals surface area contributed by atoms with Crippen molar-refractivity contribution in [1.29, 1.82) is 0 Å². The van der Waals surface area contributed by atoms with Crippen molar-refractivity contribution in [1.82, 2.24) is 0 Å². The van der Waals surface area contributed by atoms with Crippen LogP contribution in [0.2, 0.25) is 0 Å². The zero-order valence-electron chi connectivity index (χ0n) is 6.67. The van der Waals surface area contributed by atoms with Crippen molar-refractivity contribution in [2.24, 2.45) is 0 Å². The first-order chi connectivity index (χ1) is 6.07. The van der Waals surface area contributed by atoms with Crippen LogP contribution in [-0.2, 0) is 4.74 Å². The van der Waals surface area contributed by atoms with Gasteiger partial charge in [0.1, 0.15) is 5.75 Å². The topological polar surface area (TPSA) is 46.5 Å². The first-order valence-electron chi connectivity index (χ1n) is 3.33. The van der Waals surface area contributed by atoms with E-state index in [2.05, 4.69) is 4.74 Å². The Bertz CT molecular complexity index is 349. The van der Waals surface area contributed by atoms with Crippen molar-refractivity contribution >= 4 is 51.2 Å². The largest absolute Gasteiger partial charge is 0.507 e. The van der Waals surface area contributed by atoms with E-state index in [1.165, 1.54) is 7.11 Å². The van der Waals surface area contributed by atoms with Crippen molar-refractivity contribution in [2.75, 3.05) is 7.11 Å². The third-order valence-corrected chi connectivity index (χ3v) is 3.45. The van der Waals surface area contributed by atoms with E-state index in [0.717, 1.165) is 3.57 Å². The lowest BCUT2D eigenvalue weighted by atomic mass is 10.2. The van der Waals surface area contributed by atoms with E-state index in [9.17, 15) is 9.90 Å². The second-order valence-corrected chi connectivity index (χ2v) is 4.49. The van der Waals surface area contributed by atoms with Crippen LogP contribution >= 0.6 is 45.2 Å². The van der Waals surface area contributed by atoms with E-state index >= 15 is 0 Å². The Morgan fingerprint density at radius 3 is 2.62 bits per heavy atom. The molecule has 0 aromatic heterocycles. The average Bonchev–Trinajstić information content (AvgIpc) is 2.12. The van der Waals surface area contributed by atoms with E-state index < -0.39 is 5.97 Å². The van der Waals surface area contributed by atoms with Crippen LogP contribution in [0.25, 0.3) is 0 Å². The number of hydrogen-bond donors (Lipinski definition) is 1. The molecule has 0 aliphatic rings. The second kappa shape index (κ2) is 4.45. The van der Waals surface area contributed by atoms with Gasteiger partial charge in [-0.25, -0.2) is 4.79 Å². The highest BCUT2D eigenvalue weighted by Crippen LogP contribution is 2.27. The molecule has 1 N–H and O–H groups in total. The molecule has 0 bridgehead atoms. The molecule has 0 amide bonds. The van der Waals surface area contributed by atoms with Crippen molar-refractivity contribution in [3.63, 3.8) is 0 Å². The molecule has 70 valence electrons. The summed E-state index contributed by atoms with van der Waals surface area (Å²) in [7, 11) is 1.32. The molecule has 0 aliphatic carbocycles. The molecule has 1 rings (SSSR count). The smallest absolute Gasteiger partial charge is 0.340 e. The van der Waals surface area contributed by atoms with Gasteiger partial charge in [-0.15, -0.1) is 0 Å². The first kappa shape index (κ1) is 11.0. The van der Waals surface area contributed by atoms with Gasteiger partial charge in [0.05, 0.1) is 16.2 Å². The number of rotatable bonds is 1. The van der Waals surface area contributed by atoms with Gasteiger partial charge in [0.2, 0.25) is 0 Å². The summed E-state index contributed by atoms with van der Waals surface area (Å²) in [5.41, 5.74) is 0.420. The quantitative estimate of drug-likeness (QED) is 0.578. The summed E-state index contributed by atoms with van der Waals surface area (Å²) in [6, 6.07) is 3.22. The molecule has 13 heavy (non-hydrogen) atoms. The number of hydrogen-bond acceptors (Lipinski definition) is 3. The summed E-state index contributed by atoms with van der Waals surface area (Å²) < 4.78 is 5.89. The normalized spacial score (nSPS) is 9.77. The highest BCUT2D eigenvalue weighted by atomic mass is 127. The van der Waals surface area contributed by atoms with Gasteiger partial charge in [-0.05, 0) is 57.3 Å². The number of phenols is 1. The van der Waals surface area contributed by atoms with E-state index in [0.29, 0.717) is 9.13 Å². The Morgan fingerprint density at radius 1 is 1.46 bits per heavy atom. The molecule has 3 nitrogen and oxygen atoms in total. The molecule has 1 aromatic carbocycles. The summed E-state index contributed by atoms with van der Waals surface area (Å²) in [6.07, 6.45) is 0. The number of methoxy groups -OCH3 is 1. The molecule has 0 spiro atoms. The Labute approximate surface area is 103 Å². The molecule has 0 heterocycles. The van der Waals surface area contributed by atoms with Crippen molar-refractivity contribution in [3.8, 4) is 5.75 Å². The summed E-state index contributed by atoms with van der Waals surface area (Å²) in [5, 5.41) is 9.35. The van der Waals surface area contributed by atoms with Gasteiger partial charge in [0.15, 0.2) is 0 Å². The number of carbonyl (C=O) groups is 1. The molecule has 0 unspecified atom stereocenters. The Morgan fingerprint density at radius 2 is 2.08 bits per heavy atom. The van der Waals surface area contributed by atoms with Gasteiger partial charge < -0.3 is 9.84 Å². The van der Waals surface area contributed by atoms with Crippen LogP contribution in [0, 0.1) is 7.14 Å². The maximum atomic E-state index is 11.3. The van der Waals surface area contributed by atoms with E-state index in [1.807, 2.05) is 45.2 Å². The highest BCUT2D eigenvalue weighted by molar-refractivity contribution is 14.1. The maximum Gasteiger partial charge on any atom is 0.340 e. The summed E-state index contributed by atoms with van der Waals surface area (Å²) >= 11 is 3.94. The fraction of sp³-hybridized carbons (Fsp3) is 0.125. The van der Waals surface area contributed by atoms with Gasteiger partial charge in [-0.2, -0.15) is 0 Å². The van der Waals surface area contributed by atoms with Crippen LogP contribution in [0.4, 0.5) is 0 Å². The molecule has 0 saturated heterocycles. The van der Waals surface area contributed by atoms with E-state index in [-0.39, 0.29) is 5.75 Å². The van der Waals surface area contributed by atoms with Crippen LogP contribution in [-0.4, -0.2) is 18.2 Å². The average molecular weight is 404 g/mol. The first-order valence-corrected chi connectivity index (χ1v) is 5.49. The van der Waals surface area contributed by atoms with E-state index in [4.69, 9.17) is 0 Å². The predicted octanol–water partition coefficient (Wildman–Crippen LogP) is 2.39. The number of aromatic hydroxyl groups is 1. The minimum Gasteiger partial charge on any atom is -0.507 e. The van der Waals surface area contributed by atoms with Gasteiger partial charge in [-0.1, -0.05) is 0 Å². The fourth-order valence-electron chi connectivity index (χ4n) is 0.831. The van der Waals surface area contributed by atoms with Gasteiger partial charge in [0, 0.05) is 3.57 Å². The minimum atomic E-state index is -0.426. The zero-order valence-corrected chi connectivity index (χ0v) is 11.0. The van der Waals surface area contributed by atoms with Crippen molar-refractivity contribution in [3.05, 3.63) is 24.8 Å². The van der Waals surface area contributed by atoms with E-state index in [1.54, 1.807) is 12.1 Å². The standard InChI is InChI=1S/C8H6I2O3/c1-13-8(12)6-4(9)2-3-5(11)7(6)10/h2-3,11H,1H3. The third-order valence-electron chi connectivity index (χ3n) is 1.46. The van der Waals surface area contributed by atoms with Crippen molar-refractivity contribution < 1.29 is 14.6 Å². The monoisotopic (exact) mass is 404 g/mol. The Balaban J connectivity index is 3.33. The van der Waals surface area contributed by atoms with Crippen LogP contribution in [0.5, 0.6) is 5.75 Å². The van der Waals surface area contributed by atoms with Gasteiger partial charge >= 0.3 is 5.97 Å². The maximum absolute atomic E-state index is 11.3. The number of esters is 1. The summed E-state index contributed by atoms with van der Waals surface area (Å²) in [4.78, 5) is 11.3. The van der Waals surface area contributed by atoms with Crippen LogP contribution in [0.1, 0.15) is 10.4 Å². The number of ether oxygens (including phenoxy) is 1. The molecular formula is C8H6I2O3. The molecule has 0 atom stereocenters. The molecule has 0 saturated carbocycles. The second-order valence-electron chi connectivity index (χ2n) is 2.25. The lowest BCUT2D eigenvalue weighted by Crippen LogP contribution is -2.06. The fourth-order valence-corrected chi connectivity index (χ4v) is 2.71. The van der Waals surface area contributed by atoms with Gasteiger partial charge in [0.25, 0.3) is 0 Å². The summed E-state index contributed by atoms with van der Waals surface area (Å²) in [5.74, 6) is -0.328. The van der Waals surface area contributed by atoms with Crippen LogP contribution in [0.15, 0.2) is 12.1 Å². The Hall–Kier alpha value is -0.0500. The summed E-state index contributed by atoms with van der Waals surface area (Å²) in [6.45, 7) is 0. The Kier molecular flexibility index (Phi) is 3.77. The van der Waals surface area contributed by atoms with Crippen molar-refractivity contribution in [2.45, 2.75) is 0 Å². The number of phenolic OH excluding ortho intramolecular Hbond substituents is 1. The lowest BCUT2D eigenvalue weighted by Gasteiger charge is -2.06. The lowest BCUT2D eigenvalue weighted by molar-refractivity contribution is 0.0597. The van der Waals surface area contributed by atoms with Crippen LogP contribution in [0.3, 0.4) is 0 Å². The molecular weight excluding hydrogens is 398 g/mol. The third kappa shape index (κ3) is 2.25. The molecule has 0 aliphatic heterocycles.